The van der Waals surface area contributed by atoms with Crippen LogP contribution >= 0.6 is 0 Å². The van der Waals surface area contributed by atoms with Crippen LogP contribution in [0.1, 0.15) is 36.0 Å². The fourth-order valence-corrected chi connectivity index (χ4v) is 2.22. The Morgan fingerprint density at radius 3 is 2.83 bits per heavy atom. The lowest BCUT2D eigenvalue weighted by atomic mass is 9.92. The largest absolute Gasteiger partial charge is 0.391 e. The van der Waals surface area contributed by atoms with Crippen LogP contribution in [0.5, 0.6) is 0 Å². The van der Waals surface area contributed by atoms with E-state index in [0.29, 0.717) is 5.56 Å². The molecule has 0 unspecified atom stereocenters. The van der Waals surface area contributed by atoms with E-state index in [1.807, 2.05) is 0 Å². The molecule has 1 amide bonds. The van der Waals surface area contributed by atoms with Crippen LogP contribution in [0.3, 0.4) is 0 Å². The summed E-state index contributed by atoms with van der Waals surface area (Å²) in [7, 11) is 1.63. The first-order valence-electron chi connectivity index (χ1n) is 6.23. The van der Waals surface area contributed by atoms with E-state index in [1.165, 1.54) is 10.6 Å². The molecule has 98 valence electrons. The van der Waals surface area contributed by atoms with Gasteiger partial charge in [0.15, 0.2) is 0 Å². The second kappa shape index (κ2) is 5.35. The quantitative estimate of drug-likeness (QED) is 0.799. The highest BCUT2D eigenvalue weighted by atomic mass is 16.3. The number of aliphatic hydroxyl groups excluding tert-OH is 1. The Morgan fingerprint density at radius 2 is 2.17 bits per heavy atom. The third-order valence-electron chi connectivity index (χ3n) is 3.41. The third kappa shape index (κ3) is 2.79. The third-order valence-corrected chi connectivity index (χ3v) is 3.41. The van der Waals surface area contributed by atoms with Gasteiger partial charge in [-0.05, 0) is 18.9 Å². The maximum atomic E-state index is 12.0. The Bertz CT molecular complexity index is 495. The van der Waals surface area contributed by atoms with Crippen LogP contribution in [0.15, 0.2) is 23.1 Å². The Labute approximate surface area is 105 Å². The van der Waals surface area contributed by atoms with Crippen molar-refractivity contribution >= 4 is 5.91 Å². The minimum atomic E-state index is -0.478. The minimum Gasteiger partial charge on any atom is -0.391 e. The number of hydrogen-bond acceptors (Lipinski definition) is 3. The monoisotopic (exact) mass is 250 g/mol. The molecule has 5 heteroatoms. The molecule has 1 heterocycles. The second-order valence-electron chi connectivity index (χ2n) is 4.80. The predicted molar refractivity (Wildman–Crippen MR) is 67.4 cm³/mol. The molecule has 0 saturated heterocycles. The molecule has 2 N–H and O–H groups in total. The molecule has 18 heavy (non-hydrogen) atoms. The minimum absolute atomic E-state index is 0.199. The zero-order valence-corrected chi connectivity index (χ0v) is 10.4. The average Bonchev–Trinajstić information content (AvgIpc) is 2.35. The first kappa shape index (κ1) is 12.8. The SMILES string of the molecule is Cn1ccc(C(=O)N[C@H]2CCCC[C@@H]2O)cc1=O. The van der Waals surface area contributed by atoms with Gasteiger partial charge < -0.3 is 15.0 Å². The van der Waals surface area contributed by atoms with Crippen molar-refractivity contribution in [2.24, 2.45) is 7.05 Å². The van der Waals surface area contributed by atoms with Crippen LogP contribution in [0.2, 0.25) is 0 Å². The summed E-state index contributed by atoms with van der Waals surface area (Å²) in [6, 6.07) is 2.71. The van der Waals surface area contributed by atoms with Gasteiger partial charge in [-0.2, -0.15) is 0 Å². The fourth-order valence-electron chi connectivity index (χ4n) is 2.22. The van der Waals surface area contributed by atoms with Crippen molar-refractivity contribution in [2.45, 2.75) is 37.8 Å². The van der Waals surface area contributed by atoms with E-state index in [1.54, 1.807) is 19.3 Å². The summed E-state index contributed by atoms with van der Waals surface area (Å²) in [6.45, 7) is 0. The number of nitrogens with one attached hydrogen (secondary N) is 1. The summed E-state index contributed by atoms with van der Waals surface area (Å²) in [5.74, 6) is -0.293. The molecule has 1 aliphatic carbocycles. The summed E-state index contributed by atoms with van der Waals surface area (Å²) in [4.78, 5) is 23.4. The molecule has 0 bridgehead atoms. The lowest BCUT2D eigenvalue weighted by Crippen LogP contribution is -2.45. The van der Waals surface area contributed by atoms with E-state index >= 15 is 0 Å². The van der Waals surface area contributed by atoms with E-state index in [0.717, 1.165) is 25.7 Å². The number of aromatic nitrogens is 1. The second-order valence-corrected chi connectivity index (χ2v) is 4.80. The molecule has 2 rings (SSSR count). The van der Waals surface area contributed by atoms with E-state index in [2.05, 4.69) is 5.32 Å². The van der Waals surface area contributed by atoms with Crippen molar-refractivity contribution in [2.75, 3.05) is 0 Å². The van der Waals surface area contributed by atoms with Gasteiger partial charge in [0.25, 0.3) is 11.5 Å². The molecule has 5 nitrogen and oxygen atoms in total. The van der Waals surface area contributed by atoms with Gasteiger partial charge >= 0.3 is 0 Å². The normalized spacial score (nSPS) is 23.7. The van der Waals surface area contributed by atoms with E-state index < -0.39 is 6.10 Å². The van der Waals surface area contributed by atoms with Gasteiger partial charge in [-0.1, -0.05) is 12.8 Å². The standard InChI is InChI=1S/C13H18N2O3/c1-15-7-6-9(8-12(15)17)13(18)14-10-4-2-3-5-11(10)16/h6-8,10-11,16H,2-5H2,1H3,(H,14,18)/t10-,11-/m0/s1. The summed E-state index contributed by atoms with van der Waals surface area (Å²) in [5, 5.41) is 12.6. The fraction of sp³-hybridized carbons (Fsp3) is 0.538. The van der Waals surface area contributed by atoms with Crippen LogP contribution in [-0.2, 0) is 7.05 Å². The van der Waals surface area contributed by atoms with E-state index in [9.17, 15) is 14.7 Å². The van der Waals surface area contributed by atoms with Crippen molar-refractivity contribution in [3.8, 4) is 0 Å². The summed E-state index contributed by atoms with van der Waals surface area (Å²) >= 11 is 0. The molecule has 0 spiro atoms. The molecule has 1 saturated carbocycles. The number of rotatable bonds is 2. The van der Waals surface area contributed by atoms with E-state index in [-0.39, 0.29) is 17.5 Å². The highest BCUT2D eigenvalue weighted by Crippen LogP contribution is 2.18. The highest BCUT2D eigenvalue weighted by molar-refractivity contribution is 5.94. The zero-order valence-electron chi connectivity index (χ0n) is 10.4. The van der Waals surface area contributed by atoms with Gasteiger partial charge in [0.05, 0.1) is 12.1 Å². The number of hydrogen-bond donors (Lipinski definition) is 2. The molecular formula is C13H18N2O3. The molecule has 1 aliphatic rings. The highest BCUT2D eigenvalue weighted by Gasteiger charge is 2.24. The van der Waals surface area contributed by atoms with Gasteiger partial charge in [-0.25, -0.2) is 0 Å². The molecular weight excluding hydrogens is 232 g/mol. The first-order valence-corrected chi connectivity index (χ1v) is 6.23. The first-order chi connectivity index (χ1) is 8.58. The van der Waals surface area contributed by atoms with Crippen molar-refractivity contribution in [1.29, 1.82) is 0 Å². The predicted octanol–water partition coefficient (Wildman–Crippen LogP) is 0.419. The van der Waals surface area contributed by atoms with Crippen LogP contribution in [-0.4, -0.2) is 27.7 Å². The maximum Gasteiger partial charge on any atom is 0.251 e. The van der Waals surface area contributed by atoms with Gasteiger partial charge in [-0.3, -0.25) is 9.59 Å². The average molecular weight is 250 g/mol. The molecule has 0 radical (unpaired) electrons. The lowest BCUT2D eigenvalue weighted by Gasteiger charge is -2.28. The van der Waals surface area contributed by atoms with Crippen LogP contribution in [0.4, 0.5) is 0 Å². The zero-order chi connectivity index (χ0) is 13.1. The van der Waals surface area contributed by atoms with Gasteiger partial charge in [-0.15, -0.1) is 0 Å². The van der Waals surface area contributed by atoms with Crippen molar-refractivity contribution in [3.63, 3.8) is 0 Å². The Hall–Kier alpha value is -1.62. The summed E-state index contributed by atoms with van der Waals surface area (Å²) < 4.78 is 1.41. The van der Waals surface area contributed by atoms with Crippen molar-refractivity contribution in [1.82, 2.24) is 9.88 Å². The van der Waals surface area contributed by atoms with Gasteiger partial charge in [0.1, 0.15) is 0 Å². The van der Waals surface area contributed by atoms with Gasteiger partial charge in [0.2, 0.25) is 0 Å². The Kier molecular flexibility index (Phi) is 3.81. The topological polar surface area (TPSA) is 71.3 Å². The van der Waals surface area contributed by atoms with Crippen molar-refractivity contribution < 1.29 is 9.90 Å². The van der Waals surface area contributed by atoms with Crippen LogP contribution in [0.25, 0.3) is 0 Å². The maximum absolute atomic E-state index is 12.0. The number of nitrogens with zero attached hydrogens (tertiary/aromatic N) is 1. The van der Waals surface area contributed by atoms with Crippen LogP contribution < -0.4 is 10.9 Å². The molecule has 0 aromatic carbocycles. The number of aryl methyl sites for hydroxylation is 1. The summed E-state index contributed by atoms with van der Waals surface area (Å²) in [6.07, 6.45) is 4.61. The van der Waals surface area contributed by atoms with Crippen molar-refractivity contribution in [3.05, 3.63) is 34.2 Å². The summed E-state index contributed by atoms with van der Waals surface area (Å²) in [5.41, 5.74) is 0.128. The Balaban J connectivity index is 2.07. The number of carbonyl (C=O) groups is 1. The molecule has 1 aromatic rings. The number of carbonyl (C=O) groups excluding carboxylic acids is 1. The molecule has 2 atom stereocenters. The lowest BCUT2D eigenvalue weighted by molar-refractivity contribution is 0.0717. The number of amides is 1. The number of aliphatic hydroxyl groups is 1. The number of pyridine rings is 1. The van der Waals surface area contributed by atoms with E-state index in [4.69, 9.17) is 0 Å². The van der Waals surface area contributed by atoms with Crippen LogP contribution in [0, 0.1) is 0 Å². The molecule has 1 aromatic heterocycles. The Morgan fingerprint density at radius 1 is 1.44 bits per heavy atom. The smallest absolute Gasteiger partial charge is 0.251 e. The molecule has 1 fully saturated rings. The molecule has 0 aliphatic heterocycles. The van der Waals surface area contributed by atoms with Gasteiger partial charge in [0, 0.05) is 24.9 Å².